The second kappa shape index (κ2) is 4.69. The van der Waals surface area contributed by atoms with Crippen LogP contribution >= 0.6 is 11.5 Å². The van der Waals surface area contributed by atoms with Crippen molar-refractivity contribution in [2.75, 3.05) is 5.73 Å². The normalized spacial score (nSPS) is 18.7. The Morgan fingerprint density at radius 1 is 1.06 bits per heavy atom. The second-order valence-corrected chi connectivity index (χ2v) is 5.75. The number of benzene rings is 1. The van der Waals surface area contributed by atoms with E-state index >= 15 is 0 Å². The Bertz CT molecular complexity index is 515. The van der Waals surface area contributed by atoms with Crippen LogP contribution < -0.4 is 5.73 Å². The zero-order valence-electron chi connectivity index (χ0n) is 10.3. The number of nitrogens with two attached hydrogens (primary N) is 1. The highest BCUT2D eigenvalue weighted by Gasteiger charge is 2.39. The summed E-state index contributed by atoms with van der Waals surface area (Å²) < 4.78 is 4.49. The number of anilines is 1. The van der Waals surface area contributed by atoms with Crippen molar-refractivity contribution in [3.05, 3.63) is 41.7 Å². The van der Waals surface area contributed by atoms with Gasteiger partial charge in [-0.15, -0.1) is 0 Å². The van der Waals surface area contributed by atoms with Crippen molar-refractivity contribution in [2.45, 2.75) is 37.5 Å². The minimum absolute atomic E-state index is 0.00632. The monoisotopic (exact) mass is 259 g/mol. The molecule has 0 unspecified atom stereocenters. The molecule has 1 aromatic carbocycles. The maximum Gasteiger partial charge on any atom is 0.199 e. The molecule has 0 amide bonds. The first-order valence-corrected chi connectivity index (χ1v) is 7.24. The van der Waals surface area contributed by atoms with Gasteiger partial charge in [0.1, 0.15) is 0 Å². The van der Waals surface area contributed by atoms with Gasteiger partial charge in [-0.1, -0.05) is 49.6 Å². The van der Waals surface area contributed by atoms with Crippen molar-refractivity contribution in [2.24, 2.45) is 0 Å². The SMILES string of the molecule is Nc1nc(C2(c3ccccc3)CCCCC2)ns1. The third kappa shape index (κ3) is 1.90. The summed E-state index contributed by atoms with van der Waals surface area (Å²) in [7, 11) is 0. The summed E-state index contributed by atoms with van der Waals surface area (Å²) in [6, 6.07) is 10.6. The van der Waals surface area contributed by atoms with Crippen LogP contribution in [-0.4, -0.2) is 9.36 Å². The molecule has 3 nitrogen and oxygen atoms in total. The topological polar surface area (TPSA) is 51.8 Å². The van der Waals surface area contributed by atoms with E-state index in [9.17, 15) is 0 Å². The van der Waals surface area contributed by atoms with Crippen LogP contribution in [0, 0.1) is 0 Å². The van der Waals surface area contributed by atoms with Gasteiger partial charge in [-0.2, -0.15) is 4.37 Å². The fraction of sp³-hybridized carbons (Fsp3) is 0.429. The molecule has 0 atom stereocenters. The largest absolute Gasteiger partial charge is 0.374 e. The zero-order chi connectivity index (χ0) is 12.4. The molecular weight excluding hydrogens is 242 g/mol. The van der Waals surface area contributed by atoms with Gasteiger partial charge in [-0.3, -0.25) is 0 Å². The first-order chi connectivity index (χ1) is 8.81. The summed E-state index contributed by atoms with van der Waals surface area (Å²) in [5, 5.41) is 0.575. The number of hydrogen-bond acceptors (Lipinski definition) is 4. The van der Waals surface area contributed by atoms with Gasteiger partial charge in [0, 0.05) is 11.5 Å². The van der Waals surface area contributed by atoms with Crippen LogP contribution in [0.1, 0.15) is 43.5 Å². The van der Waals surface area contributed by atoms with E-state index in [1.807, 2.05) is 0 Å². The molecular formula is C14H17N3S. The molecule has 2 aromatic rings. The Hall–Kier alpha value is -1.42. The van der Waals surface area contributed by atoms with Crippen molar-refractivity contribution < 1.29 is 0 Å². The maximum absolute atomic E-state index is 5.77. The van der Waals surface area contributed by atoms with Gasteiger partial charge >= 0.3 is 0 Å². The summed E-state index contributed by atoms with van der Waals surface area (Å²) in [6.45, 7) is 0. The highest BCUT2D eigenvalue weighted by atomic mass is 32.1. The minimum Gasteiger partial charge on any atom is -0.374 e. The third-order valence-corrected chi connectivity index (χ3v) is 4.45. The average molecular weight is 259 g/mol. The van der Waals surface area contributed by atoms with Crippen LogP contribution in [0.3, 0.4) is 0 Å². The number of nitrogen functional groups attached to an aromatic ring is 1. The van der Waals surface area contributed by atoms with Crippen molar-refractivity contribution in [1.82, 2.24) is 9.36 Å². The average Bonchev–Trinajstić information content (AvgIpc) is 2.88. The number of hydrogen-bond donors (Lipinski definition) is 1. The molecule has 0 saturated heterocycles. The van der Waals surface area contributed by atoms with Crippen LogP contribution in [-0.2, 0) is 5.41 Å². The fourth-order valence-electron chi connectivity index (χ4n) is 2.98. The summed E-state index contributed by atoms with van der Waals surface area (Å²) in [6.07, 6.45) is 6.07. The van der Waals surface area contributed by atoms with Crippen molar-refractivity contribution in [1.29, 1.82) is 0 Å². The molecule has 4 heteroatoms. The Morgan fingerprint density at radius 2 is 1.78 bits per heavy atom. The van der Waals surface area contributed by atoms with Gasteiger partial charge in [0.05, 0.1) is 5.41 Å². The van der Waals surface area contributed by atoms with Gasteiger partial charge in [0.2, 0.25) is 0 Å². The Labute approximate surface area is 111 Å². The van der Waals surface area contributed by atoms with E-state index in [0.717, 1.165) is 18.7 Å². The molecule has 1 saturated carbocycles. The molecule has 1 heterocycles. The van der Waals surface area contributed by atoms with E-state index in [1.54, 1.807) is 0 Å². The van der Waals surface area contributed by atoms with E-state index in [4.69, 9.17) is 5.73 Å². The molecule has 0 spiro atoms. The quantitative estimate of drug-likeness (QED) is 0.899. The maximum atomic E-state index is 5.77. The summed E-state index contributed by atoms with van der Waals surface area (Å²) in [4.78, 5) is 4.47. The van der Waals surface area contributed by atoms with Crippen LogP contribution in [0.5, 0.6) is 0 Å². The lowest BCUT2D eigenvalue weighted by Crippen LogP contribution is -2.31. The van der Waals surface area contributed by atoms with Gasteiger partial charge in [-0.25, -0.2) is 4.98 Å². The first-order valence-electron chi connectivity index (χ1n) is 6.46. The van der Waals surface area contributed by atoms with E-state index in [0.29, 0.717) is 5.13 Å². The summed E-state index contributed by atoms with van der Waals surface area (Å²) in [5.41, 5.74) is 7.10. The molecule has 18 heavy (non-hydrogen) atoms. The smallest absolute Gasteiger partial charge is 0.199 e. The highest BCUT2D eigenvalue weighted by Crippen LogP contribution is 2.43. The zero-order valence-corrected chi connectivity index (χ0v) is 11.1. The molecule has 3 rings (SSSR count). The van der Waals surface area contributed by atoms with E-state index in [1.165, 1.54) is 36.4 Å². The first kappa shape index (κ1) is 11.7. The van der Waals surface area contributed by atoms with E-state index < -0.39 is 0 Å². The molecule has 2 N–H and O–H groups in total. The van der Waals surface area contributed by atoms with Crippen LogP contribution in [0.2, 0.25) is 0 Å². The molecule has 1 fully saturated rings. The highest BCUT2D eigenvalue weighted by molar-refractivity contribution is 7.09. The lowest BCUT2D eigenvalue weighted by Gasteiger charge is -2.35. The van der Waals surface area contributed by atoms with Crippen molar-refractivity contribution >= 4 is 16.7 Å². The molecule has 1 aliphatic rings. The standard InChI is InChI=1S/C14H17N3S/c15-13-16-12(17-18-13)14(9-5-2-6-10-14)11-7-3-1-4-8-11/h1,3-4,7-8H,2,5-6,9-10H2,(H2,15,16,17). The van der Waals surface area contributed by atoms with E-state index in [2.05, 4.69) is 39.7 Å². The number of rotatable bonds is 2. The molecule has 0 radical (unpaired) electrons. The van der Waals surface area contributed by atoms with E-state index in [-0.39, 0.29) is 5.41 Å². The molecule has 94 valence electrons. The predicted molar refractivity (Wildman–Crippen MR) is 74.6 cm³/mol. The predicted octanol–water partition coefficient (Wildman–Crippen LogP) is 3.37. The second-order valence-electron chi connectivity index (χ2n) is 4.97. The van der Waals surface area contributed by atoms with Gasteiger partial charge in [-0.05, 0) is 18.4 Å². The molecule has 1 aromatic heterocycles. The van der Waals surface area contributed by atoms with Crippen LogP contribution in [0.4, 0.5) is 5.13 Å². The number of aromatic nitrogens is 2. The number of nitrogens with zero attached hydrogens (tertiary/aromatic N) is 2. The summed E-state index contributed by atoms with van der Waals surface area (Å²) >= 11 is 1.31. The Balaban J connectivity index is 2.09. The van der Waals surface area contributed by atoms with Crippen LogP contribution in [0.15, 0.2) is 30.3 Å². The van der Waals surface area contributed by atoms with Crippen LogP contribution in [0.25, 0.3) is 0 Å². The Kier molecular flexibility index (Phi) is 3.04. The van der Waals surface area contributed by atoms with Gasteiger partial charge in [0.25, 0.3) is 0 Å². The lowest BCUT2D eigenvalue weighted by atomic mass is 9.69. The lowest BCUT2D eigenvalue weighted by molar-refractivity contribution is 0.333. The summed E-state index contributed by atoms with van der Waals surface area (Å²) in [5.74, 6) is 0.927. The molecule has 0 aliphatic heterocycles. The van der Waals surface area contributed by atoms with Gasteiger partial charge < -0.3 is 5.73 Å². The van der Waals surface area contributed by atoms with Gasteiger partial charge in [0.15, 0.2) is 11.0 Å². The van der Waals surface area contributed by atoms with Crippen molar-refractivity contribution in [3.63, 3.8) is 0 Å². The Morgan fingerprint density at radius 3 is 2.39 bits per heavy atom. The molecule has 1 aliphatic carbocycles. The fourth-order valence-corrected chi connectivity index (χ4v) is 3.51. The molecule has 0 bridgehead atoms. The van der Waals surface area contributed by atoms with Crippen molar-refractivity contribution in [3.8, 4) is 0 Å². The third-order valence-electron chi connectivity index (χ3n) is 3.90. The minimum atomic E-state index is -0.00632.